The summed E-state index contributed by atoms with van der Waals surface area (Å²) < 4.78 is 0.907. The number of hydrogen-bond acceptors (Lipinski definition) is 2. The zero-order chi connectivity index (χ0) is 15.0. The fourth-order valence-corrected chi connectivity index (χ4v) is 3.37. The first kappa shape index (κ1) is 14.7. The van der Waals surface area contributed by atoms with Gasteiger partial charge in [0, 0.05) is 26.5 Å². The molecule has 2 N–H and O–H groups in total. The molecule has 108 valence electrons. The molecule has 0 saturated heterocycles. The van der Waals surface area contributed by atoms with Gasteiger partial charge in [-0.1, -0.05) is 11.6 Å². The molecule has 1 aliphatic rings. The van der Waals surface area contributed by atoms with Gasteiger partial charge < -0.3 is 10.6 Å². The van der Waals surface area contributed by atoms with E-state index in [2.05, 4.69) is 22.6 Å². The van der Waals surface area contributed by atoms with Crippen LogP contribution in [0.25, 0.3) is 0 Å². The lowest BCUT2D eigenvalue weighted by atomic mass is 10.00. The third-order valence-corrected chi connectivity index (χ3v) is 4.80. The molecular formula is C16H14ClIN2O. The van der Waals surface area contributed by atoms with E-state index >= 15 is 0 Å². The number of rotatable bonds is 1. The molecule has 5 heteroatoms. The second kappa shape index (κ2) is 5.85. The molecule has 2 aromatic carbocycles. The molecule has 3 nitrogen and oxygen atoms in total. The number of carbonyl (C=O) groups is 1. The maximum atomic E-state index is 12.9. The molecule has 0 spiro atoms. The van der Waals surface area contributed by atoms with Crippen molar-refractivity contribution in [3.63, 3.8) is 0 Å². The number of nitrogens with zero attached hydrogens (tertiary/aromatic N) is 1. The molecule has 0 unspecified atom stereocenters. The molecule has 3 rings (SSSR count). The molecule has 0 radical (unpaired) electrons. The van der Waals surface area contributed by atoms with Crippen LogP contribution in [0.2, 0.25) is 5.02 Å². The van der Waals surface area contributed by atoms with Crippen molar-refractivity contribution in [3.8, 4) is 0 Å². The summed E-state index contributed by atoms with van der Waals surface area (Å²) in [6, 6.07) is 11.1. The Labute approximate surface area is 142 Å². The van der Waals surface area contributed by atoms with Gasteiger partial charge in [0.2, 0.25) is 0 Å². The number of fused-ring (bicyclic) bond motifs is 1. The summed E-state index contributed by atoms with van der Waals surface area (Å²) in [5.41, 5.74) is 9.30. The monoisotopic (exact) mass is 412 g/mol. The summed E-state index contributed by atoms with van der Waals surface area (Å²) in [6.45, 7) is 0.721. The Bertz CT molecular complexity index is 717. The molecule has 1 aliphatic heterocycles. The molecule has 0 saturated carbocycles. The van der Waals surface area contributed by atoms with Crippen molar-refractivity contribution in [2.45, 2.75) is 12.8 Å². The molecule has 1 heterocycles. The lowest BCUT2D eigenvalue weighted by Gasteiger charge is -2.30. The number of benzene rings is 2. The van der Waals surface area contributed by atoms with Crippen molar-refractivity contribution >= 4 is 51.5 Å². The average Bonchev–Trinajstić information content (AvgIpc) is 2.48. The molecule has 0 aliphatic carbocycles. The average molecular weight is 413 g/mol. The highest BCUT2D eigenvalue weighted by Gasteiger charge is 2.25. The van der Waals surface area contributed by atoms with Crippen LogP contribution in [0.1, 0.15) is 22.3 Å². The standard InChI is InChI=1S/C16H14ClIN2O/c17-11-3-5-14(18)13(9-11)16(21)20-7-1-2-10-8-12(19)4-6-15(10)20/h3-6,8-9H,1-2,7,19H2. The van der Waals surface area contributed by atoms with Crippen LogP contribution < -0.4 is 10.6 Å². The highest BCUT2D eigenvalue weighted by molar-refractivity contribution is 14.1. The fraction of sp³-hybridized carbons (Fsp3) is 0.188. The maximum absolute atomic E-state index is 12.9. The van der Waals surface area contributed by atoms with Gasteiger partial charge in [-0.25, -0.2) is 0 Å². The van der Waals surface area contributed by atoms with E-state index in [4.69, 9.17) is 17.3 Å². The van der Waals surface area contributed by atoms with E-state index in [0.29, 0.717) is 10.6 Å². The van der Waals surface area contributed by atoms with Crippen molar-refractivity contribution in [2.75, 3.05) is 17.2 Å². The minimum atomic E-state index is -0.00683. The van der Waals surface area contributed by atoms with E-state index in [1.807, 2.05) is 29.2 Å². The summed E-state index contributed by atoms with van der Waals surface area (Å²) in [7, 11) is 0. The van der Waals surface area contributed by atoms with Gasteiger partial charge in [-0.2, -0.15) is 0 Å². The third kappa shape index (κ3) is 2.87. The number of carbonyl (C=O) groups excluding carboxylic acids is 1. The van der Waals surface area contributed by atoms with Crippen molar-refractivity contribution in [2.24, 2.45) is 0 Å². The highest BCUT2D eigenvalue weighted by atomic mass is 127. The van der Waals surface area contributed by atoms with E-state index in [1.165, 1.54) is 0 Å². The van der Waals surface area contributed by atoms with E-state index in [9.17, 15) is 4.79 Å². The summed E-state index contributed by atoms with van der Waals surface area (Å²) in [5.74, 6) is -0.00683. The second-order valence-electron chi connectivity index (χ2n) is 5.07. The van der Waals surface area contributed by atoms with Gasteiger partial charge in [0.25, 0.3) is 5.91 Å². The molecule has 1 amide bonds. The number of halogens is 2. The SMILES string of the molecule is Nc1ccc2c(c1)CCCN2C(=O)c1cc(Cl)ccc1I. The molecule has 0 aromatic heterocycles. The Morgan fingerprint density at radius 3 is 2.86 bits per heavy atom. The molecular weight excluding hydrogens is 399 g/mol. The van der Waals surface area contributed by atoms with Crippen molar-refractivity contribution < 1.29 is 4.79 Å². The van der Waals surface area contributed by atoms with Crippen LogP contribution in [0, 0.1) is 3.57 Å². The number of amides is 1. The van der Waals surface area contributed by atoms with Gasteiger partial charge in [0.05, 0.1) is 5.56 Å². The fourth-order valence-electron chi connectivity index (χ4n) is 2.63. The molecule has 0 atom stereocenters. The minimum absolute atomic E-state index is 0.00683. The van der Waals surface area contributed by atoms with E-state index < -0.39 is 0 Å². The lowest BCUT2D eigenvalue weighted by Crippen LogP contribution is -2.36. The quantitative estimate of drug-likeness (QED) is 0.566. The van der Waals surface area contributed by atoms with E-state index in [1.54, 1.807) is 12.1 Å². The van der Waals surface area contributed by atoms with Crippen LogP contribution in [0.4, 0.5) is 11.4 Å². The number of aryl methyl sites for hydroxylation is 1. The zero-order valence-electron chi connectivity index (χ0n) is 11.3. The lowest BCUT2D eigenvalue weighted by molar-refractivity contribution is 0.0984. The Kier molecular flexibility index (Phi) is 4.08. The second-order valence-corrected chi connectivity index (χ2v) is 6.67. The van der Waals surface area contributed by atoms with Crippen LogP contribution in [0.3, 0.4) is 0 Å². The van der Waals surface area contributed by atoms with Gasteiger partial charge in [-0.3, -0.25) is 4.79 Å². The van der Waals surface area contributed by atoms with Gasteiger partial charge in [-0.05, 0) is 77.4 Å². The van der Waals surface area contributed by atoms with Crippen LogP contribution in [0.15, 0.2) is 36.4 Å². The van der Waals surface area contributed by atoms with Crippen LogP contribution in [-0.4, -0.2) is 12.5 Å². The first-order valence-electron chi connectivity index (χ1n) is 6.71. The smallest absolute Gasteiger partial charge is 0.259 e. The Balaban J connectivity index is 2.02. The van der Waals surface area contributed by atoms with Crippen molar-refractivity contribution in [1.82, 2.24) is 0 Å². The van der Waals surface area contributed by atoms with Crippen molar-refractivity contribution in [1.29, 1.82) is 0 Å². The van der Waals surface area contributed by atoms with Crippen LogP contribution in [0.5, 0.6) is 0 Å². The minimum Gasteiger partial charge on any atom is -0.399 e. The zero-order valence-corrected chi connectivity index (χ0v) is 14.2. The first-order chi connectivity index (χ1) is 10.1. The number of hydrogen-bond donors (Lipinski definition) is 1. The van der Waals surface area contributed by atoms with Gasteiger partial charge >= 0.3 is 0 Å². The largest absolute Gasteiger partial charge is 0.399 e. The Morgan fingerprint density at radius 2 is 2.05 bits per heavy atom. The summed E-state index contributed by atoms with van der Waals surface area (Å²) in [6.07, 6.45) is 1.90. The predicted octanol–water partition coefficient (Wildman–Crippen LogP) is 4.12. The number of nitrogen functional groups attached to an aromatic ring is 1. The predicted molar refractivity (Wildman–Crippen MR) is 95.0 cm³/mol. The summed E-state index contributed by atoms with van der Waals surface area (Å²) in [5, 5.41) is 0.577. The highest BCUT2D eigenvalue weighted by Crippen LogP contribution is 2.31. The first-order valence-corrected chi connectivity index (χ1v) is 8.17. The van der Waals surface area contributed by atoms with Gasteiger partial charge in [-0.15, -0.1) is 0 Å². The molecule has 2 aromatic rings. The Hall–Kier alpha value is -1.27. The van der Waals surface area contributed by atoms with Crippen LogP contribution in [-0.2, 0) is 6.42 Å². The maximum Gasteiger partial charge on any atom is 0.259 e. The number of anilines is 2. The summed E-state index contributed by atoms with van der Waals surface area (Å²) >= 11 is 8.20. The third-order valence-electron chi connectivity index (χ3n) is 3.63. The topological polar surface area (TPSA) is 46.3 Å². The van der Waals surface area contributed by atoms with Gasteiger partial charge in [0.1, 0.15) is 0 Å². The number of nitrogens with two attached hydrogens (primary N) is 1. The van der Waals surface area contributed by atoms with E-state index in [-0.39, 0.29) is 5.91 Å². The van der Waals surface area contributed by atoms with Crippen LogP contribution >= 0.6 is 34.2 Å². The van der Waals surface area contributed by atoms with Gasteiger partial charge in [0.15, 0.2) is 0 Å². The molecule has 21 heavy (non-hydrogen) atoms. The van der Waals surface area contributed by atoms with E-state index in [0.717, 1.165) is 39.9 Å². The molecule has 0 bridgehead atoms. The summed E-state index contributed by atoms with van der Waals surface area (Å²) in [4.78, 5) is 14.7. The van der Waals surface area contributed by atoms with Crippen molar-refractivity contribution in [3.05, 3.63) is 56.1 Å². The Morgan fingerprint density at radius 1 is 1.24 bits per heavy atom. The normalized spacial score (nSPS) is 13.9. The molecule has 0 fully saturated rings.